The molecule has 2 rings (SSSR count). The molecular weight excluding hydrogens is 301 g/mol. The number of hydrogen-bond acceptors (Lipinski definition) is 2. The molecule has 0 aliphatic rings. The molecule has 19 heavy (non-hydrogen) atoms. The van der Waals surface area contributed by atoms with Crippen LogP contribution >= 0.6 is 0 Å². The van der Waals surface area contributed by atoms with Gasteiger partial charge in [0.05, 0.1) is 0 Å². The Morgan fingerprint density at radius 3 is 2.42 bits per heavy atom. The van der Waals surface area contributed by atoms with Crippen LogP contribution in [0.5, 0.6) is 5.75 Å². The standard InChI is InChI=1S/C16H19NOSe/c1-18-15-9-7-14(8-10-15)13-17-11-12-19-16-5-3-2-4-6-16/h2-10,17H,11-13H2,1H3. The van der Waals surface area contributed by atoms with E-state index in [2.05, 4.69) is 47.8 Å². The minimum absolute atomic E-state index is 0.578. The van der Waals surface area contributed by atoms with Gasteiger partial charge < -0.3 is 0 Å². The third-order valence-electron chi connectivity index (χ3n) is 2.78. The molecule has 0 aromatic heterocycles. The van der Waals surface area contributed by atoms with Gasteiger partial charge in [-0.1, -0.05) is 0 Å². The van der Waals surface area contributed by atoms with Gasteiger partial charge in [-0.2, -0.15) is 0 Å². The van der Waals surface area contributed by atoms with Crippen molar-refractivity contribution in [1.82, 2.24) is 5.32 Å². The molecule has 0 aliphatic heterocycles. The molecule has 2 nitrogen and oxygen atoms in total. The van der Waals surface area contributed by atoms with Crippen LogP contribution in [0, 0.1) is 0 Å². The summed E-state index contributed by atoms with van der Waals surface area (Å²) in [5, 5.41) is 4.71. The Hall–Kier alpha value is -1.28. The van der Waals surface area contributed by atoms with Gasteiger partial charge >= 0.3 is 121 Å². The van der Waals surface area contributed by atoms with Crippen LogP contribution in [0.3, 0.4) is 0 Å². The first-order chi connectivity index (χ1) is 9.38. The van der Waals surface area contributed by atoms with E-state index in [1.54, 1.807) is 7.11 Å². The normalized spacial score (nSPS) is 10.4. The summed E-state index contributed by atoms with van der Waals surface area (Å²) in [6.45, 7) is 2.00. The van der Waals surface area contributed by atoms with Crippen molar-refractivity contribution in [3.63, 3.8) is 0 Å². The van der Waals surface area contributed by atoms with Gasteiger partial charge in [0, 0.05) is 0 Å². The van der Waals surface area contributed by atoms with Crippen molar-refractivity contribution in [3.8, 4) is 5.75 Å². The Morgan fingerprint density at radius 2 is 1.74 bits per heavy atom. The molecule has 0 heterocycles. The molecule has 0 atom stereocenters. The van der Waals surface area contributed by atoms with Gasteiger partial charge in [0.25, 0.3) is 0 Å². The topological polar surface area (TPSA) is 21.3 Å². The van der Waals surface area contributed by atoms with E-state index in [-0.39, 0.29) is 0 Å². The average Bonchev–Trinajstić information content (AvgIpc) is 2.49. The molecular formula is C16H19NOSe. The van der Waals surface area contributed by atoms with Crippen LogP contribution < -0.4 is 14.5 Å². The number of nitrogens with one attached hydrogen (secondary N) is 1. The van der Waals surface area contributed by atoms with Crippen molar-refractivity contribution in [1.29, 1.82) is 0 Å². The van der Waals surface area contributed by atoms with Gasteiger partial charge in [0.1, 0.15) is 0 Å². The second-order valence-corrected chi connectivity index (χ2v) is 6.64. The van der Waals surface area contributed by atoms with Crippen LogP contribution in [0.25, 0.3) is 0 Å². The quantitative estimate of drug-likeness (QED) is 0.624. The fourth-order valence-corrected chi connectivity index (χ4v) is 3.48. The first-order valence-electron chi connectivity index (χ1n) is 6.40. The van der Waals surface area contributed by atoms with E-state index >= 15 is 0 Å². The van der Waals surface area contributed by atoms with Crippen molar-refractivity contribution in [2.24, 2.45) is 0 Å². The third kappa shape index (κ3) is 5.07. The molecule has 0 radical (unpaired) electrons. The van der Waals surface area contributed by atoms with Crippen LogP contribution in [0.15, 0.2) is 54.6 Å². The van der Waals surface area contributed by atoms with E-state index in [1.807, 2.05) is 12.1 Å². The maximum atomic E-state index is 5.14. The van der Waals surface area contributed by atoms with E-state index < -0.39 is 0 Å². The number of ether oxygens (including phenoxy) is 1. The third-order valence-corrected chi connectivity index (χ3v) is 4.91. The van der Waals surface area contributed by atoms with Crippen LogP contribution in [0.4, 0.5) is 0 Å². The molecule has 0 unspecified atom stereocenters. The van der Waals surface area contributed by atoms with Crippen LogP contribution in [0.2, 0.25) is 5.32 Å². The zero-order valence-electron chi connectivity index (χ0n) is 11.1. The summed E-state index contributed by atoms with van der Waals surface area (Å²) in [6, 6.07) is 18.9. The zero-order chi connectivity index (χ0) is 13.3. The summed E-state index contributed by atoms with van der Waals surface area (Å²) >= 11 is 0.578. The number of methoxy groups -OCH3 is 1. The first-order valence-corrected chi connectivity index (χ1v) is 8.47. The van der Waals surface area contributed by atoms with E-state index in [9.17, 15) is 0 Å². The molecule has 0 fully saturated rings. The van der Waals surface area contributed by atoms with Crippen molar-refractivity contribution in [2.45, 2.75) is 11.9 Å². The molecule has 100 valence electrons. The first kappa shape index (κ1) is 14.1. The average molecular weight is 320 g/mol. The van der Waals surface area contributed by atoms with Crippen LogP contribution in [0.1, 0.15) is 5.56 Å². The molecule has 0 aliphatic carbocycles. The Bertz CT molecular complexity index is 470. The van der Waals surface area contributed by atoms with E-state index in [0.29, 0.717) is 15.0 Å². The van der Waals surface area contributed by atoms with Crippen molar-refractivity contribution in [3.05, 3.63) is 60.2 Å². The van der Waals surface area contributed by atoms with Gasteiger partial charge in [-0.3, -0.25) is 0 Å². The molecule has 2 aromatic carbocycles. The summed E-state index contributed by atoms with van der Waals surface area (Å²) in [4.78, 5) is 0. The Balaban J connectivity index is 1.63. The zero-order valence-corrected chi connectivity index (χ0v) is 12.8. The molecule has 0 spiro atoms. The van der Waals surface area contributed by atoms with Crippen molar-refractivity contribution >= 4 is 19.4 Å². The summed E-state index contributed by atoms with van der Waals surface area (Å²) in [5.41, 5.74) is 1.30. The number of benzene rings is 2. The van der Waals surface area contributed by atoms with E-state index in [1.165, 1.54) is 15.3 Å². The summed E-state index contributed by atoms with van der Waals surface area (Å²) in [5.74, 6) is 0.913. The molecule has 1 N–H and O–H groups in total. The minimum atomic E-state index is 0.578. The molecule has 0 bridgehead atoms. The number of rotatable bonds is 7. The molecule has 0 saturated heterocycles. The summed E-state index contributed by atoms with van der Waals surface area (Å²) < 4.78 is 6.62. The Labute approximate surface area is 121 Å². The molecule has 2 aromatic rings. The van der Waals surface area contributed by atoms with Gasteiger partial charge in [-0.25, -0.2) is 0 Å². The van der Waals surface area contributed by atoms with E-state index in [4.69, 9.17) is 4.74 Å². The van der Waals surface area contributed by atoms with Crippen molar-refractivity contribution in [2.75, 3.05) is 13.7 Å². The maximum absolute atomic E-state index is 5.14. The van der Waals surface area contributed by atoms with E-state index in [0.717, 1.165) is 18.8 Å². The monoisotopic (exact) mass is 321 g/mol. The van der Waals surface area contributed by atoms with Gasteiger partial charge in [-0.15, -0.1) is 0 Å². The predicted octanol–water partition coefficient (Wildman–Crippen LogP) is 2.23. The second-order valence-electron chi connectivity index (χ2n) is 4.19. The second kappa shape index (κ2) is 8.00. The molecule has 0 saturated carbocycles. The SMILES string of the molecule is COc1ccc(CNCC[Se]c2ccccc2)cc1. The Morgan fingerprint density at radius 1 is 1.00 bits per heavy atom. The Kier molecular flexibility index (Phi) is 5.95. The molecule has 0 amide bonds. The summed E-state index contributed by atoms with van der Waals surface area (Å²) in [6.07, 6.45) is 0. The van der Waals surface area contributed by atoms with Gasteiger partial charge in [-0.05, 0) is 0 Å². The summed E-state index contributed by atoms with van der Waals surface area (Å²) in [7, 11) is 1.69. The van der Waals surface area contributed by atoms with Gasteiger partial charge in [0.15, 0.2) is 0 Å². The fraction of sp³-hybridized carbons (Fsp3) is 0.250. The van der Waals surface area contributed by atoms with Crippen LogP contribution in [-0.4, -0.2) is 28.6 Å². The van der Waals surface area contributed by atoms with Crippen molar-refractivity contribution < 1.29 is 4.74 Å². The van der Waals surface area contributed by atoms with Crippen LogP contribution in [-0.2, 0) is 6.54 Å². The predicted molar refractivity (Wildman–Crippen MR) is 81.3 cm³/mol. The fourth-order valence-electron chi connectivity index (χ4n) is 1.73. The van der Waals surface area contributed by atoms with Gasteiger partial charge in [0.2, 0.25) is 0 Å². The number of hydrogen-bond donors (Lipinski definition) is 1. The molecule has 3 heteroatoms.